The summed E-state index contributed by atoms with van der Waals surface area (Å²) in [7, 11) is 1.68. The highest BCUT2D eigenvalue weighted by Gasteiger charge is 2.06. The molecule has 17 heavy (non-hydrogen) atoms. The van der Waals surface area contributed by atoms with Crippen molar-refractivity contribution in [3.63, 3.8) is 0 Å². The Morgan fingerprint density at radius 3 is 1.88 bits per heavy atom. The predicted octanol–water partition coefficient (Wildman–Crippen LogP) is 3.65. The zero-order valence-electron chi connectivity index (χ0n) is 11.0. The summed E-state index contributed by atoms with van der Waals surface area (Å²) in [4.78, 5) is 2.25. The Hall–Kier alpha value is -1.70. The molecule has 1 rings (SSSR count). The van der Waals surface area contributed by atoms with Gasteiger partial charge in [0.15, 0.2) is 0 Å². The van der Waals surface area contributed by atoms with E-state index in [9.17, 15) is 0 Å². The van der Waals surface area contributed by atoms with E-state index in [1.54, 1.807) is 7.11 Å². The molecule has 0 aliphatic rings. The van der Waals surface area contributed by atoms with E-state index in [0.29, 0.717) is 0 Å². The van der Waals surface area contributed by atoms with Gasteiger partial charge < -0.3 is 9.64 Å². The predicted molar refractivity (Wildman–Crippen MR) is 74.8 cm³/mol. The first-order chi connectivity index (χ1) is 8.02. The zero-order valence-corrected chi connectivity index (χ0v) is 11.0. The van der Waals surface area contributed by atoms with Gasteiger partial charge in [0.25, 0.3) is 0 Å². The van der Waals surface area contributed by atoms with E-state index in [4.69, 9.17) is 4.74 Å². The second-order valence-corrected chi connectivity index (χ2v) is 4.47. The van der Waals surface area contributed by atoms with Crippen molar-refractivity contribution < 1.29 is 4.74 Å². The van der Waals surface area contributed by atoms with Crippen LogP contribution < -0.4 is 9.64 Å². The van der Waals surface area contributed by atoms with Gasteiger partial charge in [0.05, 0.1) is 7.11 Å². The summed E-state index contributed by atoms with van der Waals surface area (Å²) in [6, 6.07) is 8.06. The molecule has 0 aliphatic carbocycles. The third-order valence-corrected chi connectivity index (χ3v) is 2.36. The van der Waals surface area contributed by atoms with Crippen LogP contribution in [0.15, 0.2) is 48.6 Å². The van der Waals surface area contributed by atoms with Gasteiger partial charge in [-0.05, 0) is 38.1 Å². The van der Waals surface area contributed by atoms with Crippen LogP contribution in [0, 0.1) is 0 Å². The fourth-order valence-electron chi connectivity index (χ4n) is 1.68. The van der Waals surface area contributed by atoms with Gasteiger partial charge in [-0.15, -0.1) is 0 Å². The van der Waals surface area contributed by atoms with Crippen molar-refractivity contribution in [2.45, 2.75) is 13.8 Å². The van der Waals surface area contributed by atoms with Crippen molar-refractivity contribution in [3.05, 3.63) is 48.6 Å². The Kier molecular flexibility index (Phi) is 4.83. The van der Waals surface area contributed by atoms with Crippen molar-refractivity contribution >= 4 is 5.69 Å². The van der Waals surface area contributed by atoms with Crippen molar-refractivity contribution in [1.82, 2.24) is 0 Å². The van der Waals surface area contributed by atoms with Crippen LogP contribution in [-0.2, 0) is 0 Å². The monoisotopic (exact) mass is 231 g/mol. The highest BCUT2D eigenvalue weighted by atomic mass is 16.5. The highest BCUT2D eigenvalue weighted by molar-refractivity contribution is 5.50. The number of nitrogens with zero attached hydrogens (tertiary/aromatic N) is 1. The molecule has 0 radical (unpaired) electrons. The standard InChI is InChI=1S/C15H21NO/c1-12(2)10-16(11-13(3)4)14-6-8-15(17-5)9-7-14/h6-9H,1,3,10-11H2,2,4-5H3. The smallest absolute Gasteiger partial charge is 0.119 e. The summed E-state index contributed by atoms with van der Waals surface area (Å²) in [5.41, 5.74) is 3.45. The van der Waals surface area contributed by atoms with E-state index in [0.717, 1.165) is 35.7 Å². The second-order valence-electron chi connectivity index (χ2n) is 4.47. The molecule has 2 nitrogen and oxygen atoms in total. The number of hydrogen-bond acceptors (Lipinski definition) is 2. The van der Waals surface area contributed by atoms with Gasteiger partial charge in [0.1, 0.15) is 5.75 Å². The molecule has 0 amide bonds. The lowest BCUT2D eigenvalue weighted by atomic mass is 10.2. The van der Waals surface area contributed by atoms with Crippen molar-refractivity contribution in [3.8, 4) is 5.75 Å². The van der Waals surface area contributed by atoms with Gasteiger partial charge in [0.2, 0.25) is 0 Å². The number of benzene rings is 1. The number of anilines is 1. The first-order valence-corrected chi connectivity index (χ1v) is 5.70. The normalized spacial score (nSPS) is 9.82. The maximum atomic E-state index is 5.16. The Bertz CT molecular complexity index is 376. The van der Waals surface area contributed by atoms with Crippen molar-refractivity contribution in [1.29, 1.82) is 0 Å². The number of methoxy groups -OCH3 is 1. The van der Waals surface area contributed by atoms with Gasteiger partial charge in [-0.3, -0.25) is 0 Å². The van der Waals surface area contributed by atoms with Gasteiger partial charge in [-0.25, -0.2) is 0 Å². The molecule has 0 aliphatic heterocycles. The largest absolute Gasteiger partial charge is 0.497 e. The maximum absolute atomic E-state index is 5.16. The molecule has 0 heterocycles. The van der Waals surface area contributed by atoms with E-state index in [1.807, 2.05) is 26.0 Å². The average Bonchev–Trinajstić information content (AvgIpc) is 2.27. The molecule has 0 atom stereocenters. The molecule has 92 valence electrons. The van der Waals surface area contributed by atoms with E-state index in [2.05, 4.69) is 30.2 Å². The topological polar surface area (TPSA) is 12.5 Å². The second kappa shape index (κ2) is 6.14. The number of hydrogen-bond donors (Lipinski definition) is 0. The maximum Gasteiger partial charge on any atom is 0.119 e. The summed E-state index contributed by atoms with van der Waals surface area (Å²) in [6.07, 6.45) is 0. The van der Waals surface area contributed by atoms with Crippen LogP contribution in [0.4, 0.5) is 5.69 Å². The minimum atomic E-state index is 0.846. The van der Waals surface area contributed by atoms with Crippen molar-refractivity contribution in [2.24, 2.45) is 0 Å². The van der Waals surface area contributed by atoms with Crippen LogP contribution in [0.1, 0.15) is 13.8 Å². The molecule has 0 fully saturated rings. The van der Waals surface area contributed by atoms with E-state index >= 15 is 0 Å². The van der Waals surface area contributed by atoms with Gasteiger partial charge in [-0.1, -0.05) is 24.3 Å². The average molecular weight is 231 g/mol. The van der Waals surface area contributed by atoms with E-state index in [1.165, 1.54) is 0 Å². The Labute approximate surface area is 104 Å². The molecule has 2 heteroatoms. The summed E-state index contributed by atoms with van der Waals surface area (Å²) < 4.78 is 5.16. The van der Waals surface area contributed by atoms with Crippen LogP contribution in [0.3, 0.4) is 0 Å². The van der Waals surface area contributed by atoms with Gasteiger partial charge in [-0.2, -0.15) is 0 Å². The summed E-state index contributed by atoms with van der Waals surface area (Å²) in [6.45, 7) is 13.7. The molecule has 0 saturated carbocycles. The van der Waals surface area contributed by atoms with Crippen LogP contribution in [-0.4, -0.2) is 20.2 Å². The number of rotatable bonds is 6. The van der Waals surface area contributed by atoms with Gasteiger partial charge in [0, 0.05) is 18.8 Å². The quantitative estimate of drug-likeness (QED) is 0.693. The van der Waals surface area contributed by atoms with Gasteiger partial charge >= 0.3 is 0 Å². The van der Waals surface area contributed by atoms with Crippen LogP contribution in [0.2, 0.25) is 0 Å². The molecule has 0 saturated heterocycles. The minimum absolute atomic E-state index is 0.846. The third-order valence-electron chi connectivity index (χ3n) is 2.36. The molecule has 1 aromatic rings. The fourth-order valence-corrected chi connectivity index (χ4v) is 1.68. The third kappa shape index (κ3) is 4.35. The summed E-state index contributed by atoms with van der Waals surface area (Å²) >= 11 is 0. The van der Waals surface area contributed by atoms with Crippen molar-refractivity contribution in [2.75, 3.05) is 25.1 Å². The first kappa shape index (κ1) is 13.4. The van der Waals surface area contributed by atoms with Crippen LogP contribution in [0.5, 0.6) is 5.75 Å². The van der Waals surface area contributed by atoms with Crippen LogP contribution in [0.25, 0.3) is 0 Å². The minimum Gasteiger partial charge on any atom is -0.497 e. The fraction of sp³-hybridized carbons (Fsp3) is 0.333. The van der Waals surface area contributed by atoms with E-state index in [-0.39, 0.29) is 0 Å². The molecule has 0 N–H and O–H groups in total. The molecular formula is C15H21NO. The lowest BCUT2D eigenvalue weighted by Gasteiger charge is -2.25. The molecule has 0 spiro atoms. The Morgan fingerprint density at radius 2 is 1.53 bits per heavy atom. The Balaban J connectivity index is 2.86. The molecule has 0 aromatic heterocycles. The summed E-state index contributed by atoms with van der Waals surface area (Å²) in [5, 5.41) is 0. The lowest BCUT2D eigenvalue weighted by molar-refractivity contribution is 0.415. The SMILES string of the molecule is C=C(C)CN(CC(=C)C)c1ccc(OC)cc1. The number of ether oxygens (including phenoxy) is 1. The molecule has 0 unspecified atom stereocenters. The summed E-state index contributed by atoms with van der Waals surface area (Å²) in [5.74, 6) is 0.874. The van der Waals surface area contributed by atoms with Crippen LogP contribution >= 0.6 is 0 Å². The first-order valence-electron chi connectivity index (χ1n) is 5.70. The zero-order chi connectivity index (χ0) is 12.8. The van der Waals surface area contributed by atoms with E-state index < -0.39 is 0 Å². The molecular weight excluding hydrogens is 210 g/mol. The lowest BCUT2D eigenvalue weighted by Crippen LogP contribution is -2.26. The highest BCUT2D eigenvalue weighted by Crippen LogP contribution is 2.20. The molecule has 1 aromatic carbocycles. The Morgan fingerprint density at radius 1 is 1.06 bits per heavy atom. The molecule has 0 bridgehead atoms.